The fraction of sp³-hybridized carbons (Fsp3) is 0.282. The lowest BCUT2D eigenvalue weighted by molar-refractivity contribution is -0.142. The number of rotatable bonds is 8. The number of esters is 2. The van der Waals surface area contributed by atoms with Crippen LogP contribution in [0.5, 0.6) is 11.5 Å². The van der Waals surface area contributed by atoms with E-state index in [1.807, 2.05) is 12.2 Å². The highest BCUT2D eigenvalue weighted by molar-refractivity contribution is 6.06. The summed E-state index contributed by atoms with van der Waals surface area (Å²) in [4.78, 5) is 50.5. The second-order valence-corrected chi connectivity index (χ2v) is 11.8. The molecule has 2 fully saturated rings. The highest BCUT2D eigenvalue weighted by Crippen LogP contribution is 2.53. The van der Waals surface area contributed by atoms with Crippen molar-refractivity contribution in [2.24, 2.45) is 11.8 Å². The van der Waals surface area contributed by atoms with Crippen molar-refractivity contribution in [3.63, 3.8) is 0 Å². The maximum Gasteiger partial charge on any atom is 0.337 e. The zero-order valence-corrected chi connectivity index (χ0v) is 27.4. The molecule has 3 heterocycles. The molecule has 0 N–H and O–H groups in total. The molecular formula is C39H33NO9. The number of hydrogen-bond donors (Lipinski definition) is 0. The molecule has 10 heteroatoms. The first-order valence-corrected chi connectivity index (χ1v) is 15.6. The van der Waals surface area contributed by atoms with Gasteiger partial charge in [0.2, 0.25) is 11.8 Å². The molecule has 0 spiro atoms. The summed E-state index contributed by atoms with van der Waals surface area (Å²) in [5.74, 6) is 11.2. The van der Waals surface area contributed by atoms with E-state index in [4.69, 9.17) is 23.7 Å². The van der Waals surface area contributed by atoms with Crippen molar-refractivity contribution in [1.82, 2.24) is 4.90 Å². The molecule has 248 valence electrons. The molecule has 6 rings (SSSR count). The van der Waals surface area contributed by atoms with Crippen LogP contribution in [0.3, 0.4) is 0 Å². The predicted octanol–water partition coefficient (Wildman–Crippen LogP) is 4.17. The average molecular weight is 660 g/mol. The van der Waals surface area contributed by atoms with E-state index in [0.717, 1.165) is 0 Å². The van der Waals surface area contributed by atoms with Crippen LogP contribution in [0.2, 0.25) is 0 Å². The molecule has 2 bridgehead atoms. The van der Waals surface area contributed by atoms with Crippen molar-refractivity contribution in [2.75, 3.05) is 35.0 Å². The van der Waals surface area contributed by atoms with Gasteiger partial charge < -0.3 is 23.7 Å². The molecule has 10 nitrogen and oxygen atoms in total. The molecule has 0 saturated carbocycles. The number of carbonyl (C=O) groups is 4. The van der Waals surface area contributed by atoms with Gasteiger partial charge >= 0.3 is 11.9 Å². The van der Waals surface area contributed by atoms with Crippen molar-refractivity contribution >= 4 is 23.8 Å². The maximum absolute atomic E-state index is 12.9. The smallest absolute Gasteiger partial charge is 0.337 e. The third kappa shape index (κ3) is 6.39. The second kappa shape index (κ2) is 13.7. The van der Waals surface area contributed by atoms with Crippen molar-refractivity contribution in [1.29, 1.82) is 0 Å². The lowest BCUT2D eigenvalue weighted by Crippen LogP contribution is -2.40. The van der Waals surface area contributed by atoms with Crippen LogP contribution in [-0.4, -0.2) is 75.3 Å². The van der Waals surface area contributed by atoms with Crippen molar-refractivity contribution in [2.45, 2.75) is 24.5 Å². The van der Waals surface area contributed by atoms with Crippen LogP contribution in [0, 0.1) is 35.5 Å². The molecule has 49 heavy (non-hydrogen) atoms. The van der Waals surface area contributed by atoms with E-state index in [0.29, 0.717) is 57.7 Å². The first kappa shape index (κ1) is 33.1. The van der Waals surface area contributed by atoms with E-state index < -0.39 is 35.5 Å². The fourth-order valence-electron chi connectivity index (χ4n) is 6.41. The number of hydrogen-bond acceptors (Lipinski definition) is 9. The molecule has 4 unspecified atom stereocenters. The molecule has 2 saturated heterocycles. The summed E-state index contributed by atoms with van der Waals surface area (Å²) in [6.45, 7) is 0.273. The third-order valence-corrected chi connectivity index (χ3v) is 8.94. The summed E-state index contributed by atoms with van der Waals surface area (Å²) >= 11 is 0. The number of benzene rings is 3. The molecule has 3 aliphatic heterocycles. The highest BCUT2D eigenvalue weighted by atomic mass is 16.5. The normalized spacial score (nSPS) is 21.3. The number of ether oxygens (including phenoxy) is 5. The summed E-state index contributed by atoms with van der Waals surface area (Å²) < 4.78 is 27.7. The molecule has 0 aliphatic carbocycles. The van der Waals surface area contributed by atoms with Gasteiger partial charge in [-0.1, -0.05) is 35.8 Å². The number of likely N-dealkylation sites (tertiary alicyclic amines) is 1. The standard InChI is InChI=1S/C39H33NO9/c1-40-35(41)33-30-18-20-39(49-30,34(33)36(40)42)19-5-21-48-32-23-28(16-10-24-6-12-26(13-7-24)37(43)46-3)31(45-2)22-29(32)17-11-25-8-14-27(15-9-25)38(44)47-4/h6-9,12-15,18,20,22-23,30,33-34H,5,19,21H2,1-4H3. The van der Waals surface area contributed by atoms with Crippen LogP contribution in [0.25, 0.3) is 0 Å². The monoisotopic (exact) mass is 659 g/mol. The van der Waals surface area contributed by atoms with Gasteiger partial charge in [-0.2, -0.15) is 0 Å². The fourth-order valence-corrected chi connectivity index (χ4v) is 6.41. The Hall–Kier alpha value is -5.84. The lowest BCUT2D eigenvalue weighted by atomic mass is 9.75. The number of methoxy groups -OCH3 is 3. The quantitative estimate of drug-likeness (QED) is 0.116. The van der Waals surface area contributed by atoms with Gasteiger partial charge in [0.05, 0.1) is 73.7 Å². The molecule has 3 aromatic carbocycles. The van der Waals surface area contributed by atoms with Gasteiger partial charge in [0.25, 0.3) is 0 Å². The lowest BCUT2D eigenvalue weighted by Gasteiger charge is -2.28. The zero-order chi connectivity index (χ0) is 34.7. The molecule has 3 aromatic rings. The minimum Gasteiger partial charge on any atom is -0.495 e. The Labute approximate surface area is 283 Å². The van der Waals surface area contributed by atoms with Gasteiger partial charge in [-0.3, -0.25) is 14.5 Å². The summed E-state index contributed by atoms with van der Waals surface area (Å²) in [7, 11) is 5.72. The Morgan fingerprint density at radius 3 is 1.90 bits per heavy atom. The predicted molar refractivity (Wildman–Crippen MR) is 177 cm³/mol. The van der Waals surface area contributed by atoms with Gasteiger partial charge in [-0.15, -0.1) is 0 Å². The van der Waals surface area contributed by atoms with Gasteiger partial charge in [-0.05, 0) is 61.4 Å². The second-order valence-electron chi connectivity index (χ2n) is 11.8. The number of imide groups is 1. The summed E-state index contributed by atoms with van der Waals surface area (Å²) in [6.07, 6.45) is 4.44. The van der Waals surface area contributed by atoms with Crippen LogP contribution in [0.4, 0.5) is 0 Å². The van der Waals surface area contributed by atoms with E-state index in [1.54, 1.807) is 60.7 Å². The van der Waals surface area contributed by atoms with E-state index in [-0.39, 0.29) is 18.4 Å². The van der Waals surface area contributed by atoms with Crippen LogP contribution >= 0.6 is 0 Å². The first-order chi connectivity index (χ1) is 23.7. The van der Waals surface area contributed by atoms with E-state index >= 15 is 0 Å². The number of carbonyl (C=O) groups excluding carboxylic acids is 4. The molecule has 0 radical (unpaired) electrons. The van der Waals surface area contributed by atoms with Crippen molar-refractivity contribution < 1.29 is 42.9 Å². The Morgan fingerprint density at radius 1 is 0.796 bits per heavy atom. The molecule has 2 amide bonds. The van der Waals surface area contributed by atoms with Gasteiger partial charge in [0.1, 0.15) is 11.5 Å². The highest BCUT2D eigenvalue weighted by Gasteiger charge is 2.66. The maximum atomic E-state index is 12.9. The average Bonchev–Trinajstić information content (AvgIpc) is 3.77. The Kier molecular flexibility index (Phi) is 9.26. The van der Waals surface area contributed by atoms with Crippen molar-refractivity contribution in [3.05, 3.63) is 106 Å². The van der Waals surface area contributed by atoms with E-state index in [1.165, 1.54) is 33.3 Å². The van der Waals surface area contributed by atoms with Crippen LogP contribution in [-0.2, 0) is 23.8 Å². The number of nitrogens with zero attached hydrogens (tertiary/aromatic N) is 1. The summed E-state index contributed by atoms with van der Waals surface area (Å²) in [6, 6.07) is 17.0. The molecule has 4 atom stereocenters. The summed E-state index contributed by atoms with van der Waals surface area (Å²) in [5.41, 5.74) is 2.46. The minimum atomic E-state index is -0.838. The first-order valence-electron chi connectivity index (χ1n) is 15.6. The Balaban J connectivity index is 1.25. The summed E-state index contributed by atoms with van der Waals surface area (Å²) in [5, 5.41) is 0. The Bertz CT molecular complexity index is 1970. The third-order valence-electron chi connectivity index (χ3n) is 8.94. The minimum absolute atomic E-state index is 0.197. The van der Waals surface area contributed by atoms with Gasteiger partial charge in [-0.25, -0.2) is 9.59 Å². The zero-order valence-electron chi connectivity index (χ0n) is 27.4. The van der Waals surface area contributed by atoms with Crippen LogP contribution in [0.15, 0.2) is 72.8 Å². The molecule has 3 aliphatic rings. The topological polar surface area (TPSA) is 118 Å². The molecular weight excluding hydrogens is 626 g/mol. The Morgan fingerprint density at radius 2 is 1.35 bits per heavy atom. The van der Waals surface area contributed by atoms with E-state index in [9.17, 15) is 19.2 Å². The number of amides is 2. The van der Waals surface area contributed by atoms with Crippen LogP contribution < -0.4 is 9.47 Å². The number of fused-ring (bicyclic) bond motifs is 5. The SMILES string of the molecule is COC(=O)c1ccc(C#Cc2cc(OCCCC34C=CC(O3)C3C(=O)N(C)C(=O)C34)c(C#Cc3ccc(C(=O)OC)cc3)cc2OC)cc1. The molecule has 0 aromatic heterocycles. The van der Waals surface area contributed by atoms with Crippen molar-refractivity contribution in [3.8, 4) is 35.2 Å². The van der Waals surface area contributed by atoms with E-state index in [2.05, 4.69) is 23.7 Å². The largest absolute Gasteiger partial charge is 0.495 e. The van der Waals surface area contributed by atoms with Crippen LogP contribution in [0.1, 0.15) is 55.8 Å². The van der Waals surface area contributed by atoms with Gasteiger partial charge in [0, 0.05) is 30.3 Å². The van der Waals surface area contributed by atoms with Gasteiger partial charge in [0.15, 0.2) is 0 Å².